The molecule has 0 bridgehead atoms. The summed E-state index contributed by atoms with van der Waals surface area (Å²) < 4.78 is 11.6. The molecule has 1 unspecified atom stereocenters. The number of hydrogen-bond donors (Lipinski definition) is 0. The van der Waals surface area contributed by atoms with Gasteiger partial charge in [0.05, 0.1) is 18.0 Å². The Morgan fingerprint density at radius 1 is 1.25 bits per heavy atom. The summed E-state index contributed by atoms with van der Waals surface area (Å²) in [6.45, 7) is 5.67. The Balaban J connectivity index is 1.67. The van der Waals surface area contributed by atoms with Gasteiger partial charge in [0.1, 0.15) is 5.58 Å². The Hall–Kier alpha value is -2.44. The molecule has 5 nitrogen and oxygen atoms in total. The van der Waals surface area contributed by atoms with Crippen LogP contribution in [0.4, 0.5) is 0 Å². The smallest absolute Gasteiger partial charge is 0.290 e. The lowest BCUT2D eigenvalue weighted by Crippen LogP contribution is -2.37. The third kappa shape index (κ3) is 3.88. The second-order valence-corrected chi connectivity index (χ2v) is 8.32. The number of fused-ring (bicyclic) bond motifs is 1. The van der Waals surface area contributed by atoms with Gasteiger partial charge in [-0.3, -0.25) is 9.59 Å². The second kappa shape index (κ2) is 7.89. The van der Waals surface area contributed by atoms with Crippen LogP contribution in [-0.4, -0.2) is 30.1 Å². The van der Waals surface area contributed by atoms with Gasteiger partial charge in [0.2, 0.25) is 0 Å². The largest absolute Gasteiger partial charge is 0.451 e. The first-order valence-electron chi connectivity index (χ1n) is 9.49. The van der Waals surface area contributed by atoms with Crippen LogP contribution in [0.15, 0.2) is 44.9 Å². The second-order valence-electron chi connectivity index (χ2n) is 7.32. The molecule has 1 saturated heterocycles. The van der Waals surface area contributed by atoms with Gasteiger partial charge in [-0.05, 0) is 55.8 Å². The maximum Gasteiger partial charge on any atom is 0.290 e. The first kappa shape index (κ1) is 18.9. The molecule has 1 aromatic carbocycles. The molecule has 1 atom stereocenters. The molecule has 146 valence electrons. The van der Waals surface area contributed by atoms with E-state index in [9.17, 15) is 9.59 Å². The van der Waals surface area contributed by atoms with Gasteiger partial charge >= 0.3 is 0 Å². The van der Waals surface area contributed by atoms with Gasteiger partial charge in [-0.2, -0.15) is 0 Å². The molecular weight excluding hydrogens is 374 g/mol. The van der Waals surface area contributed by atoms with E-state index in [0.717, 1.165) is 35.5 Å². The number of benzene rings is 1. The fourth-order valence-electron chi connectivity index (χ4n) is 3.52. The molecule has 3 aromatic rings. The van der Waals surface area contributed by atoms with Crippen LogP contribution in [0, 0.1) is 13.8 Å². The lowest BCUT2D eigenvalue weighted by molar-refractivity contribution is 0.0486. The summed E-state index contributed by atoms with van der Waals surface area (Å²) in [7, 11) is 0. The van der Waals surface area contributed by atoms with Crippen LogP contribution in [-0.2, 0) is 11.3 Å². The van der Waals surface area contributed by atoms with Crippen molar-refractivity contribution in [3.8, 4) is 0 Å². The molecule has 1 fully saturated rings. The Bertz CT molecular complexity index is 1060. The molecule has 4 rings (SSSR count). The number of hydrogen-bond acceptors (Lipinski definition) is 5. The molecule has 28 heavy (non-hydrogen) atoms. The number of aryl methyl sites for hydroxylation is 2. The van der Waals surface area contributed by atoms with Crippen molar-refractivity contribution in [2.45, 2.75) is 39.3 Å². The summed E-state index contributed by atoms with van der Waals surface area (Å²) in [4.78, 5) is 28.7. The van der Waals surface area contributed by atoms with Crippen molar-refractivity contribution in [3.63, 3.8) is 0 Å². The third-order valence-electron chi connectivity index (χ3n) is 5.13. The first-order valence-corrected chi connectivity index (χ1v) is 10.4. The van der Waals surface area contributed by atoms with Crippen molar-refractivity contribution in [1.82, 2.24) is 4.90 Å². The zero-order valence-electron chi connectivity index (χ0n) is 16.1. The van der Waals surface area contributed by atoms with E-state index < -0.39 is 0 Å². The number of ether oxygens (including phenoxy) is 1. The normalized spacial score (nSPS) is 16.6. The van der Waals surface area contributed by atoms with Gasteiger partial charge < -0.3 is 14.1 Å². The maximum absolute atomic E-state index is 13.3. The standard InChI is InChI=1S/C22H23NO4S/c1-14-5-6-19-17(10-14)18(24)11-20(27-19)22(25)23(12-16-4-3-8-26-16)13-21-15(2)7-9-28-21/h5-7,9-11,16H,3-4,8,12-13H2,1-2H3. The van der Waals surface area contributed by atoms with E-state index in [4.69, 9.17) is 9.15 Å². The molecule has 0 N–H and O–H groups in total. The summed E-state index contributed by atoms with van der Waals surface area (Å²) in [5, 5.41) is 2.52. The zero-order chi connectivity index (χ0) is 19.7. The quantitative estimate of drug-likeness (QED) is 0.644. The molecule has 0 spiro atoms. The Morgan fingerprint density at radius 3 is 2.82 bits per heavy atom. The van der Waals surface area contributed by atoms with Gasteiger partial charge in [0, 0.05) is 24.1 Å². The minimum absolute atomic E-state index is 0.0269. The highest BCUT2D eigenvalue weighted by atomic mass is 32.1. The number of carbonyl (C=O) groups excluding carboxylic acids is 1. The predicted molar refractivity (Wildman–Crippen MR) is 110 cm³/mol. The lowest BCUT2D eigenvalue weighted by atomic mass is 10.1. The monoisotopic (exact) mass is 397 g/mol. The van der Waals surface area contributed by atoms with Crippen LogP contribution in [0.3, 0.4) is 0 Å². The summed E-state index contributed by atoms with van der Waals surface area (Å²) in [5.41, 5.74) is 2.38. The Labute approximate surface area is 167 Å². The van der Waals surface area contributed by atoms with Crippen molar-refractivity contribution in [2.24, 2.45) is 0 Å². The molecule has 1 amide bonds. The van der Waals surface area contributed by atoms with Crippen LogP contribution in [0.5, 0.6) is 0 Å². The molecule has 1 aliphatic heterocycles. The molecule has 1 aliphatic rings. The van der Waals surface area contributed by atoms with Gasteiger partial charge in [-0.15, -0.1) is 11.3 Å². The summed E-state index contributed by atoms with van der Waals surface area (Å²) in [5.74, 6) is -0.198. The van der Waals surface area contributed by atoms with Crippen LogP contribution < -0.4 is 5.43 Å². The van der Waals surface area contributed by atoms with Crippen molar-refractivity contribution in [3.05, 3.63) is 67.7 Å². The summed E-state index contributed by atoms with van der Waals surface area (Å²) in [6, 6.07) is 8.77. The van der Waals surface area contributed by atoms with Gasteiger partial charge in [0.15, 0.2) is 11.2 Å². The third-order valence-corrected chi connectivity index (χ3v) is 6.14. The number of rotatable bonds is 5. The fraction of sp³-hybridized carbons (Fsp3) is 0.364. The minimum atomic E-state index is -0.275. The van der Waals surface area contributed by atoms with Crippen LogP contribution in [0.1, 0.15) is 39.4 Å². The molecule has 0 radical (unpaired) electrons. The van der Waals surface area contributed by atoms with E-state index in [1.165, 1.54) is 6.07 Å². The fourth-order valence-corrected chi connectivity index (χ4v) is 4.44. The van der Waals surface area contributed by atoms with Crippen molar-refractivity contribution < 1.29 is 13.9 Å². The molecule has 0 saturated carbocycles. The van der Waals surface area contributed by atoms with E-state index in [2.05, 4.69) is 0 Å². The van der Waals surface area contributed by atoms with E-state index in [0.29, 0.717) is 24.1 Å². The number of amides is 1. The predicted octanol–water partition coefficient (Wildman–Crippen LogP) is 4.29. The Kier molecular flexibility index (Phi) is 5.33. The van der Waals surface area contributed by atoms with Crippen molar-refractivity contribution in [1.29, 1.82) is 0 Å². The number of nitrogens with zero attached hydrogens (tertiary/aromatic N) is 1. The summed E-state index contributed by atoms with van der Waals surface area (Å²) in [6.07, 6.45) is 1.97. The molecule has 3 heterocycles. The average Bonchev–Trinajstić information content (AvgIpc) is 3.33. The van der Waals surface area contributed by atoms with E-state index in [-0.39, 0.29) is 23.2 Å². The molecular formula is C22H23NO4S. The zero-order valence-corrected chi connectivity index (χ0v) is 16.9. The average molecular weight is 397 g/mol. The lowest BCUT2D eigenvalue weighted by Gasteiger charge is -2.25. The van der Waals surface area contributed by atoms with E-state index in [1.54, 1.807) is 28.4 Å². The molecule has 2 aromatic heterocycles. The van der Waals surface area contributed by atoms with Crippen LogP contribution in [0.25, 0.3) is 11.0 Å². The SMILES string of the molecule is Cc1ccc2oc(C(=O)N(Cc3sccc3C)CC3CCCO3)cc(=O)c2c1. The highest BCUT2D eigenvalue weighted by Crippen LogP contribution is 2.22. The highest BCUT2D eigenvalue weighted by Gasteiger charge is 2.26. The highest BCUT2D eigenvalue weighted by molar-refractivity contribution is 7.10. The van der Waals surface area contributed by atoms with Gasteiger partial charge in [-0.1, -0.05) is 11.6 Å². The van der Waals surface area contributed by atoms with E-state index in [1.807, 2.05) is 31.4 Å². The van der Waals surface area contributed by atoms with Crippen LogP contribution >= 0.6 is 11.3 Å². The van der Waals surface area contributed by atoms with Crippen LogP contribution in [0.2, 0.25) is 0 Å². The maximum atomic E-state index is 13.3. The topological polar surface area (TPSA) is 59.8 Å². The van der Waals surface area contributed by atoms with Gasteiger partial charge in [-0.25, -0.2) is 0 Å². The van der Waals surface area contributed by atoms with Crippen molar-refractivity contribution >= 4 is 28.2 Å². The summed E-state index contributed by atoms with van der Waals surface area (Å²) >= 11 is 1.63. The minimum Gasteiger partial charge on any atom is -0.451 e. The van der Waals surface area contributed by atoms with Crippen molar-refractivity contribution in [2.75, 3.05) is 13.2 Å². The first-order chi connectivity index (χ1) is 13.5. The Morgan fingerprint density at radius 2 is 2.11 bits per heavy atom. The van der Waals surface area contributed by atoms with E-state index >= 15 is 0 Å². The van der Waals surface area contributed by atoms with Gasteiger partial charge in [0.25, 0.3) is 5.91 Å². The number of thiophene rings is 1. The number of carbonyl (C=O) groups is 1. The molecule has 0 aliphatic carbocycles. The molecule has 6 heteroatoms.